The summed E-state index contributed by atoms with van der Waals surface area (Å²) >= 11 is 3.00. The standard InChI is InChI=1S/C12H7BrFN3O6S/c13-7-1-4-12(11(5-7)17(20)21)24(22,23)15-8-2-3-9(14)10(6-8)16(18)19/h1-6,15H. The highest BCUT2D eigenvalue weighted by Gasteiger charge is 2.27. The zero-order valence-corrected chi connectivity index (χ0v) is 13.9. The van der Waals surface area contributed by atoms with E-state index in [4.69, 9.17) is 0 Å². The third-order valence-electron chi connectivity index (χ3n) is 2.80. The van der Waals surface area contributed by atoms with Crippen LogP contribution in [0.2, 0.25) is 0 Å². The van der Waals surface area contributed by atoms with Crippen molar-refractivity contribution < 1.29 is 22.7 Å². The lowest BCUT2D eigenvalue weighted by Crippen LogP contribution is -2.15. The summed E-state index contributed by atoms with van der Waals surface area (Å²) in [5.74, 6) is -1.14. The molecule has 0 unspecified atom stereocenters. The third-order valence-corrected chi connectivity index (χ3v) is 4.72. The van der Waals surface area contributed by atoms with E-state index in [9.17, 15) is 33.0 Å². The van der Waals surface area contributed by atoms with Gasteiger partial charge in [-0.05, 0) is 24.3 Å². The maximum absolute atomic E-state index is 13.3. The fraction of sp³-hybridized carbons (Fsp3) is 0. The summed E-state index contributed by atoms with van der Waals surface area (Å²) in [4.78, 5) is 19.2. The average molecular weight is 420 g/mol. The van der Waals surface area contributed by atoms with Crippen molar-refractivity contribution in [3.63, 3.8) is 0 Å². The van der Waals surface area contributed by atoms with E-state index in [2.05, 4.69) is 15.9 Å². The lowest BCUT2D eigenvalue weighted by atomic mass is 10.3. The molecule has 0 heterocycles. The number of halogens is 2. The van der Waals surface area contributed by atoms with Crippen LogP contribution >= 0.6 is 15.9 Å². The van der Waals surface area contributed by atoms with Crippen molar-refractivity contribution in [2.24, 2.45) is 0 Å². The van der Waals surface area contributed by atoms with Gasteiger partial charge in [0, 0.05) is 16.6 Å². The van der Waals surface area contributed by atoms with Gasteiger partial charge in [-0.3, -0.25) is 25.0 Å². The highest BCUT2D eigenvalue weighted by atomic mass is 79.9. The molecule has 0 fully saturated rings. The normalized spacial score (nSPS) is 11.1. The van der Waals surface area contributed by atoms with Crippen molar-refractivity contribution >= 4 is 43.0 Å². The Morgan fingerprint density at radius 3 is 2.21 bits per heavy atom. The van der Waals surface area contributed by atoms with Crippen molar-refractivity contribution in [3.05, 3.63) is 66.9 Å². The van der Waals surface area contributed by atoms with Crippen LogP contribution in [-0.4, -0.2) is 18.3 Å². The first kappa shape index (κ1) is 17.7. The number of hydrogen-bond donors (Lipinski definition) is 1. The van der Waals surface area contributed by atoms with Gasteiger partial charge in [0.2, 0.25) is 5.82 Å². The summed E-state index contributed by atoms with van der Waals surface area (Å²) in [7, 11) is -4.42. The number of nitro groups is 2. The minimum absolute atomic E-state index is 0.297. The first-order valence-corrected chi connectivity index (χ1v) is 8.30. The lowest BCUT2D eigenvalue weighted by Gasteiger charge is -2.09. The van der Waals surface area contributed by atoms with Crippen LogP contribution in [0.15, 0.2) is 45.8 Å². The van der Waals surface area contributed by atoms with Gasteiger partial charge in [-0.2, -0.15) is 4.39 Å². The molecule has 0 aliphatic carbocycles. The van der Waals surface area contributed by atoms with Gasteiger partial charge in [0.1, 0.15) is 0 Å². The van der Waals surface area contributed by atoms with Crippen LogP contribution in [0.5, 0.6) is 0 Å². The Bertz CT molecular complexity index is 950. The van der Waals surface area contributed by atoms with Crippen LogP contribution < -0.4 is 4.72 Å². The summed E-state index contributed by atoms with van der Waals surface area (Å²) in [5.41, 5.74) is -1.92. The summed E-state index contributed by atoms with van der Waals surface area (Å²) in [6.07, 6.45) is 0. The van der Waals surface area contributed by atoms with Crippen LogP contribution in [0.3, 0.4) is 0 Å². The number of hydrogen-bond acceptors (Lipinski definition) is 6. The van der Waals surface area contributed by atoms with Gasteiger partial charge < -0.3 is 0 Å². The predicted octanol–water partition coefficient (Wildman–Crippen LogP) is 3.21. The van der Waals surface area contributed by atoms with Gasteiger partial charge in [0.25, 0.3) is 15.7 Å². The highest BCUT2D eigenvalue weighted by Crippen LogP contribution is 2.30. The second kappa shape index (κ2) is 6.49. The van der Waals surface area contributed by atoms with Crippen LogP contribution in [0.4, 0.5) is 21.5 Å². The number of benzene rings is 2. The molecule has 0 aromatic heterocycles. The lowest BCUT2D eigenvalue weighted by molar-refractivity contribution is -0.387. The van der Waals surface area contributed by atoms with Gasteiger partial charge in [-0.1, -0.05) is 15.9 Å². The molecule has 12 heteroatoms. The SMILES string of the molecule is O=[N+]([O-])c1cc(NS(=O)(=O)c2ccc(Br)cc2[N+](=O)[O-])ccc1F. The third kappa shape index (κ3) is 3.65. The molecule has 0 atom stereocenters. The van der Waals surface area contributed by atoms with E-state index < -0.39 is 42.0 Å². The van der Waals surface area contributed by atoms with Gasteiger partial charge in [-0.25, -0.2) is 8.42 Å². The molecule has 0 radical (unpaired) electrons. The van der Waals surface area contributed by atoms with Crippen molar-refractivity contribution in [2.75, 3.05) is 4.72 Å². The van der Waals surface area contributed by atoms with Gasteiger partial charge in [-0.15, -0.1) is 0 Å². The topological polar surface area (TPSA) is 132 Å². The molecule has 0 spiro atoms. The molecule has 0 amide bonds. The number of nitro benzene ring substituents is 2. The zero-order valence-electron chi connectivity index (χ0n) is 11.5. The maximum atomic E-state index is 13.3. The molecule has 1 N–H and O–H groups in total. The largest absolute Gasteiger partial charge is 0.306 e. The van der Waals surface area contributed by atoms with E-state index in [0.717, 1.165) is 18.2 Å². The summed E-state index contributed by atoms with van der Waals surface area (Å²) < 4.78 is 40.1. The average Bonchev–Trinajstić information content (AvgIpc) is 2.48. The smallest absolute Gasteiger partial charge is 0.279 e. The fourth-order valence-electron chi connectivity index (χ4n) is 1.79. The van der Waals surface area contributed by atoms with Crippen molar-refractivity contribution in [2.45, 2.75) is 4.90 Å². The second-order valence-corrected chi connectivity index (χ2v) is 6.96. The van der Waals surface area contributed by atoms with E-state index in [1.54, 1.807) is 0 Å². The van der Waals surface area contributed by atoms with Gasteiger partial charge in [0.15, 0.2) is 4.90 Å². The molecule has 2 aromatic rings. The van der Waals surface area contributed by atoms with Crippen LogP contribution in [0.25, 0.3) is 0 Å². The maximum Gasteiger partial charge on any atom is 0.306 e. The number of sulfonamides is 1. The fourth-order valence-corrected chi connectivity index (χ4v) is 3.34. The molecular formula is C12H7BrFN3O6S. The monoisotopic (exact) mass is 419 g/mol. The molecule has 0 aliphatic rings. The molecule has 0 bridgehead atoms. The number of nitrogens with zero attached hydrogens (tertiary/aromatic N) is 2. The first-order chi connectivity index (χ1) is 11.1. The van der Waals surface area contributed by atoms with E-state index in [1.807, 2.05) is 4.72 Å². The van der Waals surface area contributed by atoms with Crippen LogP contribution in [0, 0.1) is 26.0 Å². The molecule has 126 valence electrons. The Morgan fingerprint density at radius 1 is 1.00 bits per heavy atom. The Morgan fingerprint density at radius 2 is 1.62 bits per heavy atom. The van der Waals surface area contributed by atoms with E-state index in [-0.39, 0.29) is 5.69 Å². The van der Waals surface area contributed by atoms with Gasteiger partial charge >= 0.3 is 5.69 Å². The summed E-state index contributed by atoms with van der Waals surface area (Å²) in [5, 5.41) is 21.7. The Labute approximate surface area is 142 Å². The number of rotatable bonds is 5. The highest BCUT2D eigenvalue weighted by molar-refractivity contribution is 9.10. The molecule has 0 saturated heterocycles. The van der Waals surface area contributed by atoms with E-state index in [0.29, 0.717) is 16.6 Å². The number of anilines is 1. The minimum atomic E-state index is -4.42. The second-order valence-electron chi connectivity index (χ2n) is 4.40. The van der Waals surface area contributed by atoms with Crippen molar-refractivity contribution in [3.8, 4) is 0 Å². The molecular weight excluding hydrogens is 413 g/mol. The Balaban J connectivity index is 2.49. The molecule has 9 nitrogen and oxygen atoms in total. The number of nitrogens with one attached hydrogen (secondary N) is 1. The van der Waals surface area contributed by atoms with Crippen LogP contribution in [-0.2, 0) is 10.0 Å². The summed E-state index contributed by atoms with van der Waals surface area (Å²) in [6, 6.07) is 5.65. The van der Waals surface area contributed by atoms with Crippen molar-refractivity contribution in [1.82, 2.24) is 0 Å². The Kier molecular flexibility index (Phi) is 4.80. The van der Waals surface area contributed by atoms with E-state index in [1.165, 1.54) is 6.07 Å². The predicted molar refractivity (Wildman–Crippen MR) is 84.7 cm³/mol. The zero-order chi connectivity index (χ0) is 18.1. The molecule has 2 aromatic carbocycles. The van der Waals surface area contributed by atoms with Crippen LogP contribution in [0.1, 0.15) is 0 Å². The van der Waals surface area contributed by atoms with Gasteiger partial charge in [0.05, 0.1) is 15.5 Å². The first-order valence-electron chi connectivity index (χ1n) is 6.02. The molecule has 24 heavy (non-hydrogen) atoms. The van der Waals surface area contributed by atoms with Crippen molar-refractivity contribution in [1.29, 1.82) is 0 Å². The Hall–Kier alpha value is -2.60. The minimum Gasteiger partial charge on any atom is -0.279 e. The quantitative estimate of drug-likeness (QED) is 0.584. The van der Waals surface area contributed by atoms with E-state index >= 15 is 0 Å². The molecule has 0 saturated carbocycles. The molecule has 0 aliphatic heterocycles. The molecule has 2 rings (SSSR count). The summed E-state index contributed by atoms with van der Waals surface area (Å²) in [6.45, 7) is 0.